The van der Waals surface area contributed by atoms with E-state index in [9.17, 15) is 0 Å². The summed E-state index contributed by atoms with van der Waals surface area (Å²) in [5.74, 6) is 2.65. The molecule has 1 fully saturated rings. The van der Waals surface area contributed by atoms with Crippen LogP contribution in [0.15, 0.2) is 0 Å². The molecule has 1 aliphatic heterocycles. The number of hydrogen-bond acceptors (Lipinski definition) is 3. The van der Waals surface area contributed by atoms with Crippen LogP contribution < -0.4 is 0 Å². The first-order valence-corrected chi connectivity index (χ1v) is 6.40. The second-order valence-electron chi connectivity index (χ2n) is 2.28. The van der Waals surface area contributed by atoms with Gasteiger partial charge >= 0.3 is 0 Å². The van der Waals surface area contributed by atoms with E-state index in [4.69, 9.17) is 0 Å². The molecule has 0 N–H and O–H groups in total. The van der Waals surface area contributed by atoms with Crippen LogP contribution in [0.2, 0.25) is 0 Å². The average molecular weight is 180 g/mol. The summed E-state index contributed by atoms with van der Waals surface area (Å²) in [5, 5.41) is 1.04. The fourth-order valence-electron chi connectivity index (χ4n) is 0.773. The number of thioether (sulfide) groups is 1. The Balaban J connectivity index is 1.71. The van der Waals surface area contributed by atoms with Crippen molar-refractivity contribution in [2.24, 2.45) is 0 Å². The van der Waals surface area contributed by atoms with E-state index in [1.165, 1.54) is 30.8 Å². The number of hydrogen-bond donors (Lipinski definition) is 1. The van der Waals surface area contributed by atoms with Crippen molar-refractivity contribution in [2.75, 3.05) is 11.5 Å². The van der Waals surface area contributed by atoms with Gasteiger partial charge in [-0.2, -0.15) is 11.8 Å². The topological polar surface area (TPSA) is 0 Å². The van der Waals surface area contributed by atoms with Crippen molar-refractivity contribution in [1.82, 2.24) is 0 Å². The van der Waals surface area contributed by atoms with Crippen LogP contribution in [0, 0.1) is 0 Å². The highest BCUT2D eigenvalue weighted by molar-refractivity contribution is 8.68. The molecule has 1 atom stereocenters. The lowest BCUT2D eigenvalue weighted by Gasteiger charge is -1.93. The molecule has 0 nitrogen and oxygen atoms in total. The van der Waals surface area contributed by atoms with Gasteiger partial charge in [-0.3, -0.25) is 0 Å². The maximum Gasteiger partial charge on any atom is 0.0138 e. The molecule has 3 heteroatoms. The SMILES string of the molecule is SSCCCCC1CS1. The Bertz CT molecular complexity index is 70.7. The third kappa shape index (κ3) is 4.45. The van der Waals surface area contributed by atoms with Gasteiger partial charge in [0.1, 0.15) is 0 Å². The Morgan fingerprint density at radius 2 is 2.33 bits per heavy atom. The molecule has 0 aliphatic carbocycles. The number of thiol groups is 1. The predicted octanol–water partition coefficient (Wildman–Crippen LogP) is 2.85. The van der Waals surface area contributed by atoms with Crippen LogP contribution in [0.4, 0.5) is 0 Å². The molecule has 1 saturated heterocycles. The third-order valence-corrected chi connectivity index (χ3v) is 3.47. The van der Waals surface area contributed by atoms with Gasteiger partial charge in [-0.25, -0.2) is 0 Å². The molecule has 1 heterocycles. The Morgan fingerprint density at radius 1 is 1.56 bits per heavy atom. The van der Waals surface area contributed by atoms with Gasteiger partial charge in [0, 0.05) is 16.8 Å². The average Bonchev–Trinajstić information content (AvgIpc) is 2.63. The Morgan fingerprint density at radius 3 is 2.89 bits per heavy atom. The van der Waals surface area contributed by atoms with E-state index in [2.05, 4.69) is 23.4 Å². The normalized spacial score (nSPS) is 24.3. The molecular weight excluding hydrogens is 168 g/mol. The molecule has 9 heavy (non-hydrogen) atoms. The first-order valence-electron chi connectivity index (χ1n) is 3.31. The fourth-order valence-corrected chi connectivity index (χ4v) is 2.13. The molecular formula is C6H12S3. The van der Waals surface area contributed by atoms with E-state index >= 15 is 0 Å². The van der Waals surface area contributed by atoms with E-state index < -0.39 is 0 Å². The summed E-state index contributed by atoms with van der Waals surface area (Å²) >= 11 is 6.17. The lowest BCUT2D eigenvalue weighted by molar-refractivity contribution is 0.746. The van der Waals surface area contributed by atoms with E-state index in [1.807, 2.05) is 0 Å². The molecule has 0 aromatic heterocycles. The molecule has 1 aliphatic rings. The van der Waals surface area contributed by atoms with Crippen molar-refractivity contribution in [3.8, 4) is 0 Å². The number of rotatable bonds is 5. The lowest BCUT2D eigenvalue weighted by atomic mass is 10.2. The van der Waals surface area contributed by atoms with E-state index in [0.29, 0.717) is 0 Å². The highest BCUT2D eigenvalue weighted by atomic mass is 33.1. The maximum absolute atomic E-state index is 4.07. The van der Waals surface area contributed by atoms with Crippen molar-refractivity contribution < 1.29 is 0 Å². The van der Waals surface area contributed by atoms with Gasteiger partial charge in [-0.15, -0.1) is 11.7 Å². The Labute approximate surface area is 70.4 Å². The minimum atomic E-state index is 1.04. The largest absolute Gasteiger partial charge is 0.157 e. The van der Waals surface area contributed by atoms with Crippen molar-refractivity contribution >= 4 is 34.2 Å². The molecule has 0 radical (unpaired) electrons. The van der Waals surface area contributed by atoms with Crippen molar-refractivity contribution in [2.45, 2.75) is 24.5 Å². The molecule has 0 aromatic rings. The number of unbranched alkanes of at least 4 members (excludes halogenated alkanes) is 1. The highest BCUT2D eigenvalue weighted by Gasteiger charge is 2.20. The van der Waals surface area contributed by atoms with Gasteiger partial charge in [-0.1, -0.05) is 17.2 Å². The quantitative estimate of drug-likeness (QED) is 0.299. The maximum atomic E-state index is 4.07. The van der Waals surface area contributed by atoms with Crippen LogP contribution in [-0.2, 0) is 0 Å². The fraction of sp³-hybridized carbons (Fsp3) is 1.00. The molecule has 1 unspecified atom stereocenters. The zero-order valence-electron chi connectivity index (χ0n) is 5.38. The monoisotopic (exact) mass is 180 g/mol. The van der Waals surface area contributed by atoms with E-state index in [0.717, 1.165) is 5.25 Å². The first kappa shape index (κ1) is 8.15. The highest BCUT2D eigenvalue weighted by Crippen LogP contribution is 2.34. The second kappa shape index (κ2) is 4.80. The van der Waals surface area contributed by atoms with E-state index in [-0.39, 0.29) is 0 Å². The summed E-state index contributed by atoms with van der Waals surface area (Å²) in [6.07, 6.45) is 4.20. The summed E-state index contributed by atoms with van der Waals surface area (Å²) in [4.78, 5) is 0. The standard InChI is InChI=1S/C6H12S3/c7-9-4-2-1-3-6-5-8-6/h6-7H,1-5H2. The minimum absolute atomic E-state index is 1.04. The molecule has 0 bridgehead atoms. The Hall–Kier alpha value is 1.05. The second-order valence-corrected chi connectivity index (χ2v) is 5.06. The smallest absolute Gasteiger partial charge is 0.0138 e. The molecule has 0 aromatic carbocycles. The van der Waals surface area contributed by atoms with Gasteiger partial charge in [-0.05, 0) is 12.8 Å². The van der Waals surface area contributed by atoms with Crippen molar-refractivity contribution in [3.05, 3.63) is 0 Å². The van der Waals surface area contributed by atoms with Gasteiger partial charge in [0.2, 0.25) is 0 Å². The van der Waals surface area contributed by atoms with Crippen LogP contribution in [0.5, 0.6) is 0 Å². The van der Waals surface area contributed by atoms with Gasteiger partial charge in [0.25, 0.3) is 0 Å². The summed E-state index contributed by atoms with van der Waals surface area (Å²) in [6.45, 7) is 0. The van der Waals surface area contributed by atoms with Crippen LogP contribution in [0.1, 0.15) is 19.3 Å². The van der Waals surface area contributed by atoms with Crippen LogP contribution in [-0.4, -0.2) is 16.8 Å². The van der Waals surface area contributed by atoms with Crippen LogP contribution >= 0.6 is 34.2 Å². The Kier molecular flexibility index (Phi) is 4.35. The summed E-state index contributed by atoms with van der Waals surface area (Å²) in [7, 11) is 1.66. The molecule has 1 rings (SSSR count). The van der Waals surface area contributed by atoms with Crippen molar-refractivity contribution in [1.29, 1.82) is 0 Å². The third-order valence-electron chi connectivity index (χ3n) is 1.41. The molecule has 0 spiro atoms. The summed E-state index contributed by atoms with van der Waals surface area (Å²) < 4.78 is 0. The van der Waals surface area contributed by atoms with Gasteiger partial charge in [0.15, 0.2) is 0 Å². The van der Waals surface area contributed by atoms with Crippen molar-refractivity contribution in [3.63, 3.8) is 0 Å². The molecule has 54 valence electrons. The lowest BCUT2D eigenvalue weighted by Crippen LogP contribution is -1.84. The minimum Gasteiger partial charge on any atom is -0.157 e. The van der Waals surface area contributed by atoms with Gasteiger partial charge in [0.05, 0.1) is 0 Å². The molecule has 0 saturated carbocycles. The van der Waals surface area contributed by atoms with E-state index in [1.54, 1.807) is 10.8 Å². The van der Waals surface area contributed by atoms with Gasteiger partial charge < -0.3 is 0 Å². The summed E-state index contributed by atoms with van der Waals surface area (Å²) in [5.41, 5.74) is 0. The first-order chi connectivity index (χ1) is 4.43. The zero-order chi connectivity index (χ0) is 6.53. The molecule has 0 amide bonds. The summed E-state index contributed by atoms with van der Waals surface area (Å²) in [6, 6.07) is 0. The van der Waals surface area contributed by atoms with Crippen LogP contribution in [0.25, 0.3) is 0 Å². The predicted molar refractivity (Wildman–Crippen MR) is 51.5 cm³/mol. The van der Waals surface area contributed by atoms with Crippen LogP contribution in [0.3, 0.4) is 0 Å². The zero-order valence-corrected chi connectivity index (χ0v) is 7.90.